The Morgan fingerprint density at radius 2 is 1.62 bits per heavy atom. The van der Waals surface area contributed by atoms with E-state index in [1.807, 2.05) is 65.6 Å². The first-order valence-electron chi connectivity index (χ1n) is 6.98. The molecule has 0 atom stereocenters. The van der Waals surface area contributed by atoms with Crippen LogP contribution in [0, 0.1) is 0 Å². The molecule has 0 saturated carbocycles. The zero-order chi connectivity index (χ0) is 14.9. The minimum absolute atomic E-state index is 0.114. The van der Waals surface area contributed by atoms with Gasteiger partial charge in [0.05, 0.1) is 12.3 Å². The summed E-state index contributed by atoms with van der Waals surface area (Å²) in [5, 5.41) is 0. The summed E-state index contributed by atoms with van der Waals surface area (Å²) in [4.78, 5) is 14.3. The molecule has 0 aliphatic rings. The maximum absolute atomic E-state index is 12.5. The number of rotatable bonds is 7. The smallest absolute Gasteiger partial charge is 0.237 e. The number of benzene rings is 2. The van der Waals surface area contributed by atoms with Gasteiger partial charge in [-0.25, -0.2) is 0 Å². The second-order valence-corrected chi connectivity index (χ2v) is 5.75. The molecule has 1 amide bonds. The van der Waals surface area contributed by atoms with Crippen LogP contribution in [0.1, 0.15) is 5.56 Å². The molecule has 21 heavy (non-hydrogen) atoms. The number of amides is 1. The molecule has 0 aromatic heterocycles. The van der Waals surface area contributed by atoms with Crippen molar-refractivity contribution in [1.29, 1.82) is 0 Å². The zero-order valence-corrected chi connectivity index (χ0v) is 12.8. The molecule has 2 aromatic carbocycles. The molecule has 110 valence electrons. The number of nitrogens with two attached hydrogens (primary N) is 1. The van der Waals surface area contributed by atoms with E-state index in [0.717, 1.165) is 17.0 Å². The van der Waals surface area contributed by atoms with Crippen molar-refractivity contribution in [2.75, 3.05) is 23.0 Å². The lowest BCUT2D eigenvalue weighted by Gasteiger charge is -2.23. The number of nitrogens with zero attached hydrogens (tertiary/aromatic N) is 1. The Morgan fingerprint density at radius 3 is 2.24 bits per heavy atom. The van der Waals surface area contributed by atoms with Crippen LogP contribution in [0.15, 0.2) is 60.7 Å². The second kappa shape index (κ2) is 8.49. The van der Waals surface area contributed by atoms with Gasteiger partial charge in [0.2, 0.25) is 5.91 Å². The SMILES string of the molecule is NCCSCC(=O)N(Cc1ccccc1)c1ccccc1. The van der Waals surface area contributed by atoms with E-state index in [-0.39, 0.29) is 5.91 Å². The summed E-state index contributed by atoms with van der Waals surface area (Å²) >= 11 is 1.58. The quantitative estimate of drug-likeness (QED) is 0.800. The summed E-state index contributed by atoms with van der Waals surface area (Å²) in [6.07, 6.45) is 0. The van der Waals surface area contributed by atoms with Crippen LogP contribution in [-0.4, -0.2) is 24.0 Å². The lowest BCUT2D eigenvalue weighted by Crippen LogP contribution is -2.32. The number of anilines is 1. The van der Waals surface area contributed by atoms with Crippen LogP contribution < -0.4 is 10.6 Å². The molecular formula is C17H20N2OS. The van der Waals surface area contributed by atoms with Gasteiger partial charge in [0.15, 0.2) is 0 Å². The third kappa shape index (κ3) is 4.92. The third-order valence-corrected chi connectivity index (χ3v) is 4.02. The molecule has 0 spiro atoms. The molecule has 4 heteroatoms. The Balaban J connectivity index is 2.12. The normalized spacial score (nSPS) is 10.3. The van der Waals surface area contributed by atoms with Crippen LogP contribution in [0.2, 0.25) is 0 Å². The van der Waals surface area contributed by atoms with Crippen LogP contribution in [-0.2, 0) is 11.3 Å². The molecule has 0 unspecified atom stereocenters. The van der Waals surface area contributed by atoms with Crippen molar-refractivity contribution in [2.45, 2.75) is 6.54 Å². The monoisotopic (exact) mass is 300 g/mol. The summed E-state index contributed by atoms with van der Waals surface area (Å²) in [6, 6.07) is 19.8. The van der Waals surface area contributed by atoms with Gasteiger partial charge in [-0.15, -0.1) is 0 Å². The van der Waals surface area contributed by atoms with Crippen molar-refractivity contribution in [3.05, 3.63) is 66.2 Å². The third-order valence-electron chi connectivity index (χ3n) is 3.04. The van der Waals surface area contributed by atoms with E-state index in [1.165, 1.54) is 0 Å². The van der Waals surface area contributed by atoms with Gasteiger partial charge in [0.1, 0.15) is 0 Å². The maximum atomic E-state index is 12.5. The average molecular weight is 300 g/mol. The van der Waals surface area contributed by atoms with E-state index in [2.05, 4.69) is 0 Å². The number of para-hydroxylation sites is 1. The Hall–Kier alpha value is -1.78. The molecule has 3 nitrogen and oxygen atoms in total. The minimum Gasteiger partial charge on any atom is -0.330 e. The van der Waals surface area contributed by atoms with Crippen molar-refractivity contribution in [2.24, 2.45) is 5.73 Å². The van der Waals surface area contributed by atoms with Gasteiger partial charge in [-0.05, 0) is 17.7 Å². The summed E-state index contributed by atoms with van der Waals surface area (Å²) in [5.41, 5.74) is 7.53. The van der Waals surface area contributed by atoms with Crippen molar-refractivity contribution >= 4 is 23.4 Å². The Bertz CT molecular complexity index is 545. The van der Waals surface area contributed by atoms with Gasteiger partial charge in [0, 0.05) is 18.0 Å². The fourth-order valence-electron chi connectivity index (χ4n) is 2.02. The van der Waals surface area contributed by atoms with Crippen molar-refractivity contribution in [3.8, 4) is 0 Å². The van der Waals surface area contributed by atoms with Crippen molar-refractivity contribution < 1.29 is 4.79 Å². The summed E-state index contributed by atoms with van der Waals surface area (Å²) < 4.78 is 0. The highest BCUT2D eigenvalue weighted by molar-refractivity contribution is 7.99. The Kier molecular flexibility index (Phi) is 6.31. The lowest BCUT2D eigenvalue weighted by atomic mass is 10.2. The van der Waals surface area contributed by atoms with Gasteiger partial charge < -0.3 is 10.6 Å². The largest absolute Gasteiger partial charge is 0.330 e. The lowest BCUT2D eigenvalue weighted by molar-refractivity contribution is -0.116. The second-order valence-electron chi connectivity index (χ2n) is 4.64. The number of thioether (sulfide) groups is 1. The summed E-state index contributed by atoms with van der Waals surface area (Å²) in [7, 11) is 0. The van der Waals surface area contributed by atoms with Crippen LogP contribution in [0.25, 0.3) is 0 Å². The summed E-state index contributed by atoms with van der Waals surface area (Å²) in [5.74, 6) is 1.38. The average Bonchev–Trinajstić information content (AvgIpc) is 2.54. The van der Waals surface area contributed by atoms with E-state index in [1.54, 1.807) is 11.8 Å². The van der Waals surface area contributed by atoms with Gasteiger partial charge in [-0.1, -0.05) is 48.5 Å². The van der Waals surface area contributed by atoms with E-state index in [4.69, 9.17) is 5.73 Å². The fraction of sp³-hybridized carbons (Fsp3) is 0.235. The first kappa shape index (κ1) is 15.6. The zero-order valence-electron chi connectivity index (χ0n) is 11.9. The molecule has 0 aliphatic heterocycles. The number of carbonyl (C=O) groups is 1. The minimum atomic E-state index is 0.114. The standard InChI is InChI=1S/C17H20N2OS/c18-11-12-21-14-17(20)19(16-9-5-2-6-10-16)13-15-7-3-1-4-8-15/h1-10H,11-14,18H2. The van der Waals surface area contributed by atoms with E-state index in [0.29, 0.717) is 18.8 Å². The molecule has 2 aromatic rings. The highest BCUT2D eigenvalue weighted by Gasteiger charge is 2.15. The van der Waals surface area contributed by atoms with Crippen LogP contribution in [0.3, 0.4) is 0 Å². The topological polar surface area (TPSA) is 46.3 Å². The number of hydrogen-bond acceptors (Lipinski definition) is 3. The molecule has 0 heterocycles. The predicted octanol–water partition coefficient (Wildman–Crippen LogP) is 2.91. The van der Waals surface area contributed by atoms with E-state index in [9.17, 15) is 4.79 Å². The van der Waals surface area contributed by atoms with E-state index >= 15 is 0 Å². The van der Waals surface area contributed by atoms with Gasteiger partial charge >= 0.3 is 0 Å². The van der Waals surface area contributed by atoms with Crippen molar-refractivity contribution in [3.63, 3.8) is 0 Å². The summed E-state index contributed by atoms with van der Waals surface area (Å²) in [6.45, 7) is 1.19. The first-order chi connectivity index (χ1) is 10.3. The maximum Gasteiger partial charge on any atom is 0.237 e. The molecular weight excluding hydrogens is 280 g/mol. The van der Waals surface area contributed by atoms with Crippen LogP contribution >= 0.6 is 11.8 Å². The molecule has 0 radical (unpaired) electrons. The fourth-order valence-corrected chi connectivity index (χ4v) is 2.66. The number of hydrogen-bond donors (Lipinski definition) is 1. The Labute approximate surface area is 130 Å². The molecule has 0 saturated heterocycles. The predicted molar refractivity (Wildman–Crippen MR) is 90.5 cm³/mol. The van der Waals surface area contributed by atoms with E-state index < -0.39 is 0 Å². The first-order valence-corrected chi connectivity index (χ1v) is 8.14. The van der Waals surface area contributed by atoms with Crippen LogP contribution in [0.5, 0.6) is 0 Å². The van der Waals surface area contributed by atoms with Gasteiger partial charge in [-0.2, -0.15) is 11.8 Å². The van der Waals surface area contributed by atoms with Crippen LogP contribution in [0.4, 0.5) is 5.69 Å². The Morgan fingerprint density at radius 1 is 1.00 bits per heavy atom. The highest BCUT2D eigenvalue weighted by Crippen LogP contribution is 2.18. The molecule has 0 bridgehead atoms. The van der Waals surface area contributed by atoms with Crippen molar-refractivity contribution in [1.82, 2.24) is 0 Å². The van der Waals surface area contributed by atoms with Gasteiger partial charge in [-0.3, -0.25) is 4.79 Å². The van der Waals surface area contributed by atoms with Gasteiger partial charge in [0.25, 0.3) is 0 Å². The molecule has 2 rings (SSSR count). The molecule has 0 aliphatic carbocycles. The molecule has 0 fully saturated rings. The number of carbonyl (C=O) groups excluding carboxylic acids is 1. The highest BCUT2D eigenvalue weighted by atomic mass is 32.2. The molecule has 2 N–H and O–H groups in total.